The molecular weight excluding hydrogens is 162 g/mol. The van der Waals surface area contributed by atoms with Crippen molar-refractivity contribution in [3.05, 3.63) is 0 Å². The van der Waals surface area contributed by atoms with Crippen molar-refractivity contribution in [3.63, 3.8) is 0 Å². The van der Waals surface area contributed by atoms with Gasteiger partial charge in [-0.2, -0.15) is 8.42 Å². The van der Waals surface area contributed by atoms with E-state index in [-0.39, 0.29) is 0 Å². The van der Waals surface area contributed by atoms with E-state index < -0.39 is 9.15 Å². The molecule has 0 aliphatic carbocycles. The van der Waals surface area contributed by atoms with Crippen molar-refractivity contribution in [2.24, 2.45) is 5.73 Å². The van der Waals surface area contributed by atoms with Crippen molar-refractivity contribution >= 4 is 19.9 Å². The minimum absolute atomic E-state index is 0.356. The summed E-state index contributed by atoms with van der Waals surface area (Å²) in [6, 6.07) is 0. The maximum absolute atomic E-state index is 9.98. The van der Waals surface area contributed by atoms with Crippen molar-refractivity contribution < 1.29 is 13.0 Å². The van der Waals surface area contributed by atoms with E-state index in [2.05, 4.69) is 0 Å². The predicted molar refractivity (Wildman–Crippen MR) is 37.7 cm³/mol. The molecule has 6 heteroatoms. The Morgan fingerprint density at radius 1 is 1.56 bits per heavy atom. The van der Waals surface area contributed by atoms with Crippen molar-refractivity contribution in [1.82, 2.24) is 0 Å². The minimum atomic E-state index is -3.84. The largest absolute Gasteiger partial charge is 0.330 e. The first-order valence-corrected chi connectivity index (χ1v) is 5.32. The number of hydrogen-bond donors (Lipinski definition) is 2. The highest BCUT2D eigenvalue weighted by atomic mass is 33.1. The van der Waals surface area contributed by atoms with E-state index in [1.165, 1.54) is 0 Å². The Bertz CT molecular complexity index is 152. The Kier molecular flexibility index (Phi) is 4.20. The van der Waals surface area contributed by atoms with Gasteiger partial charge in [-0.3, -0.25) is 4.55 Å². The van der Waals surface area contributed by atoms with Gasteiger partial charge in [0.2, 0.25) is 0 Å². The van der Waals surface area contributed by atoms with Crippen LogP contribution < -0.4 is 5.73 Å². The number of rotatable bonds is 4. The zero-order valence-corrected chi connectivity index (χ0v) is 6.41. The van der Waals surface area contributed by atoms with Crippen LogP contribution in [-0.2, 0) is 9.15 Å². The monoisotopic (exact) mass is 171 g/mol. The van der Waals surface area contributed by atoms with Gasteiger partial charge in [-0.05, 0) is 23.8 Å². The molecule has 0 aromatic rings. The SMILES string of the molecule is NCCCSS(=O)(=O)O. The van der Waals surface area contributed by atoms with Gasteiger partial charge in [0.25, 0.3) is 0 Å². The normalized spacial score (nSPS) is 11.8. The molecule has 0 saturated carbocycles. The first-order valence-electron chi connectivity index (χ1n) is 2.38. The van der Waals surface area contributed by atoms with Gasteiger partial charge in [0.15, 0.2) is 0 Å². The van der Waals surface area contributed by atoms with Crippen LogP contribution in [0.25, 0.3) is 0 Å². The molecule has 0 bridgehead atoms. The first kappa shape index (κ1) is 9.22. The predicted octanol–water partition coefficient (Wildman–Crippen LogP) is -0.129. The molecule has 0 unspecified atom stereocenters. The number of hydrogen-bond acceptors (Lipinski definition) is 4. The highest BCUT2D eigenvalue weighted by Gasteiger charge is 2.02. The molecule has 3 N–H and O–H groups in total. The summed E-state index contributed by atoms with van der Waals surface area (Å²) in [6.07, 6.45) is 0.602. The zero-order valence-electron chi connectivity index (χ0n) is 4.78. The molecule has 0 amide bonds. The summed E-state index contributed by atoms with van der Waals surface area (Å²) in [4.78, 5) is 0. The molecule has 0 spiro atoms. The lowest BCUT2D eigenvalue weighted by Crippen LogP contribution is -2.01. The third-order valence-corrected chi connectivity index (χ3v) is 2.73. The average molecular weight is 171 g/mol. The Hall–Kier alpha value is 0.220. The second kappa shape index (κ2) is 4.10. The maximum atomic E-state index is 9.98. The van der Waals surface area contributed by atoms with Crippen molar-refractivity contribution in [2.75, 3.05) is 12.3 Å². The van der Waals surface area contributed by atoms with Crippen LogP contribution in [0.5, 0.6) is 0 Å². The number of nitrogens with two attached hydrogens (primary N) is 1. The van der Waals surface area contributed by atoms with E-state index in [0.717, 1.165) is 0 Å². The molecule has 0 aromatic carbocycles. The maximum Gasteiger partial charge on any atom is 0.319 e. The molecule has 0 aliphatic rings. The van der Waals surface area contributed by atoms with E-state index in [9.17, 15) is 8.42 Å². The molecule has 0 atom stereocenters. The van der Waals surface area contributed by atoms with Crippen LogP contribution in [0.1, 0.15) is 6.42 Å². The second-order valence-corrected chi connectivity index (χ2v) is 4.86. The van der Waals surface area contributed by atoms with E-state index in [1.807, 2.05) is 0 Å². The van der Waals surface area contributed by atoms with Gasteiger partial charge in [0.1, 0.15) is 0 Å². The average Bonchev–Trinajstić information content (AvgIpc) is 1.63. The molecule has 0 fully saturated rings. The van der Waals surface area contributed by atoms with E-state index in [1.54, 1.807) is 0 Å². The lowest BCUT2D eigenvalue weighted by atomic mass is 10.5. The highest BCUT2D eigenvalue weighted by molar-refractivity contribution is 8.69. The fraction of sp³-hybridized carbons (Fsp3) is 1.00. The lowest BCUT2D eigenvalue weighted by molar-refractivity contribution is 0.503. The topological polar surface area (TPSA) is 80.4 Å². The summed E-state index contributed by atoms with van der Waals surface area (Å²) in [5, 5.41) is 0. The van der Waals surface area contributed by atoms with Crippen LogP contribution in [-0.4, -0.2) is 25.3 Å². The third kappa shape index (κ3) is 8.22. The highest BCUT2D eigenvalue weighted by Crippen LogP contribution is 2.08. The fourth-order valence-electron chi connectivity index (χ4n) is 0.248. The summed E-state index contributed by atoms with van der Waals surface area (Å²) in [5.41, 5.74) is 5.07. The molecular formula is C3H9NO3S2. The van der Waals surface area contributed by atoms with Crippen LogP contribution in [0.2, 0.25) is 0 Å². The van der Waals surface area contributed by atoms with Crippen LogP contribution in [0.15, 0.2) is 0 Å². The quantitative estimate of drug-likeness (QED) is 0.350. The summed E-state index contributed by atoms with van der Waals surface area (Å²) >= 11 is 0. The van der Waals surface area contributed by atoms with Gasteiger partial charge in [-0.1, -0.05) is 0 Å². The molecule has 0 saturated heterocycles. The van der Waals surface area contributed by atoms with Crippen molar-refractivity contribution in [2.45, 2.75) is 6.42 Å². The Labute approximate surface area is 58.0 Å². The molecule has 0 heterocycles. The smallest absolute Gasteiger partial charge is 0.319 e. The zero-order chi connectivity index (χ0) is 7.33. The molecule has 4 nitrogen and oxygen atoms in total. The lowest BCUT2D eigenvalue weighted by Gasteiger charge is -1.92. The van der Waals surface area contributed by atoms with Gasteiger partial charge in [0.05, 0.1) is 0 Å². The molecule has 9 heavy (non-hydrogen) atoms. The van der Waals surface area contributed by atoms with Gasteiger partial charge in [-0.25, -0.2) is 0 Å². The second-order valence-electron chi connectivity index (χ2n) is 1.39. The van der Waals surface area contributed by atoms with E-state index in [0.29, 0.717) is 29.5 Å². The molecule has 0 rings (SSSR count). The third-order valence-electron chi connectivity index (χ3n) is 0.581. The van der Waals surface area contributed by atoms with Gasteiger partial charge in [0, 0.05) is 5.75 Å². The first-order chi connectivity index (χ1) is 4.06. The fourth-order valence-corrected chi connectivity index (χ4v) is 1.73. The molecule has 0 aromatic heterocycles. The standard InChI is InChI=1S/C3H9NO3S2/c4-2-1-3-8-9(5,6)7/h1-4H2,(H,5,6,7). The Balaban J connectivity index is 3.30. The van der Waals surface area contributed by atoms with Crippen molar-refractivity contribution in [1.29, 1.82) is 0 Å². The van der Waals surface area contributed by atoms with Crippen LogP contribution in [0.3, 0.4) is 0 Å². The van der Waals surface area contributed by atoms with Crippen LogP contribution in [0, 0.1) is 0 Å². The van der Waals surface area contributed by atoms with E-state index in [4.69, 9.17) is 10.3 Å². The summed E-state index contributed by atoms with van der Waals surface area (Å²) in [7, 11) is -3.33. The van der Waals surface area contributed by atoms with Gasteiger partial charge >= 0.3 is 9.15 Å². The summed E-state index contributed by atoms with van der Waals surface area (Å²) in [5.74, 6) is 0.356. The Morgan fingerprint density at radius 2 is 2.11 bits per heavy atom. The molecule has 0 aliphatic heterocycles. The van der Waals surface area contributed by atoms with Crippen LogP contribution >= 0.6 is 10.8 Å². The van der Waals surface area contributed by atoms with Gasteiger partial charge < -0.3 is 5.73 Å². The van der Waals surface area contributed by atoms with Crippen LogP contribution in [0.4, 0.5) is 0 Å². The van der Waals surface area contributed by atoms with Crippen molar-refractivity contribution in [3.8, 4) is 0 Å². The molecule has 0 radical (unpaired) electrons. The minimum Gasteiger partial charge on any atom is -0.330 e. The summed E-state index contributed by atoms with van der Waals surface area (Å²) < 4.78 is 28.1. The van der Waals surface area contributed by atoms with Gasteiger partial charge in [-0.15, -0.1) is 0 Å². The Morgan fingerprint density at radius 3 is 2.44 bits per heavy atom. The van der Waals surface area contributed by atoms with E-state index >= 15 is 0 Å². The summed E-state index contributed by atoms with van der Waals surface area (Å²) in [6.45, 7) is 0.447. The molecule has 56 valence electrons.